The van der Waals surface area contributed by atoms with Crippen LogP contribution in [0.4, 0.5) is 4.39 Å². The third-order valence-electron chi connectivity index (χ3n) is 7.37. The van der Waals surface area contributed by atoms with Gasteiger partial charge in [0.25, 0.3) is 5.89 Å². The Bertz CT molecular complexity index is 1460. The van der Waals surface area contributed by atoms with Crippen LogP contribution in [0, 0.1) is 18.7 Å². The van der Waals surface area contributed by atoms with Crippen molar-refractivity contribution in [2.45, 2.75) is 44.7 Å². The Labute approximate surface area is 207 Å². The van der Waals surface area contributed by atoms with Gasteiger partial charge in [-0.25, -0.2) is 4.39 Å². The lowest BCUT2D eigenvalue weighted by atomic mass is 9.80. The summed E-state index contributed by atoms with van der Waals surface area (Å²) in [5.74, 6) is -0.338. The standard InChI is InChI=1S/C28H25FN4O3/c1-15-10-18(3-5-21(15)23-8-9-30-14-24(23)29)27-32-26(33-36-27)17-2-6-22-16(11-17)4-7-25(22)31-20-12-19(13-20)28(34)35/h2-3,5-6,8-11,14,19-20,25,31H,4,7,12-13H2,1H3,(H,34,35). The van der Waals surface area contributed by atoms with Crippen LogP contribution in [0.1, 0.15) is 42.0 Å². The van der Waals surface area contributed by atoms with Gasteiger partial charge in [-0.2, -0.15) is 4.98 Å². The molecule has 182 valence electrons. The maximum absolute atomic E-state index is 14.2. The van der Waals surface area contributed by atoms with Crippen LogP contribution in [0.15, 0.2) is 59.4 Å². The van der Waals surface area contributed by atoms with E-state index < -0.39 is 5.97 Å². The topological polar surface area (TPSA) is 101 Å². The van der Waals surface area contributed by atoms with Crippen LogP contribution in [-0.2, 0) is 11.2 Å². The fourth-order valence-electron chi connectivity index (χ4n) is 5.32. The van der Waals surface area contributed by atoms with Gasteiger partial charge in [-0.3, -0.25) is 9.78 Å². The molecule has 1 atom stereocenters. The van der Waals surface area contributed by atoms with Crippen LogP contribution in [0.3, 0.4) is 0 Å². The van der Waals surface area contributed by atoms with Gasteiger partial charge < -0.3 is 14.9 Å². The molecular weight excluding hydrogens is 459 g/mol. The highest BCUT2D eigenvalue weighted by atomic mass is 19.1. The summed E-state index contributed by atoms with van der Waals surface area (Å²) in [6.45, 7) is 1.92. The average molecular weight is 485 g/mol. The van der Waals surface area contributed by atoms with Crippen LogP contribution in [0.2, 0.25) is 0 Å². The van der Waals surface area contributed by atoms with Gasteiger partial charge in [0.2, 0.25) is 5.82 Å². The van der Waals surface area contributed by atoms with Gasteiger partial charge >= 0.3 is 5.97 Å². The molecular formula is C28H25FN4O3. The van der Waals surface area contributed by atoms with Crippen molar-refractivity contribution in [2.75, 3.05) is 0 Å². The number of pyridine rings is 1. The van der Waals surface area contributed by atoms with Crippen molar-refractivity contribution in [3.63, 3.8) is 0 Å². The summed E-state index contributed by atoms with van der Waals surface area (Å²) in [7, 11) is 0. The minimum Gasteiger partial charge on any atom is -0.481 e. The van der Waals surface area contributed by atoms with E-state index in [1.807, 2.05) is 31.2 Å². The van der Waals surface area contributed by atoms with Crippen LogP contribution in [-0.4, -0.2) is 32.2 Å². The van der Waals surface area contributed by atoms with Crippen LogP contribution in [0.5, 0.6) is 0 Å². The predicted octanol–water partition coefficient (Wildman–Crippen LogP) is 5.35. The number of carboxylic acid groups (broad SMARTS) is 1. The Morgan fingerprint density at radius 1 is 1.11 bits per heavy atom. The van der Waals surface area contributed by atoms with Gasteiger partial charge in [0, 0.05) is 35.0 Å². The van der Waals surface area contributed by atoms with Crippen molar-refractivity contribution in [3.05, 3.63) is 77.4 Å². The molecule has 1 unspecified atom stereocenters. The number of aromatic nitrogens is 3. The first kappa shape index (κ1) is 22.5. The molecule has 2 aliphatic carbocycles. The minimum absolute atomic E-state index is 0.213. The molecule has 0 saturated heterocycles. The number of fused-ring (bicyclic) bond motifs is 1. The third kappa shape index (κ3) is 4.07. The summed E-state index contributed by atoms with van der Waals surface area (Å²) in [5, 5.41) is 16.9. The zero-order valence-corrected chi connectivity index (χ0v) is 19.7. The highest BCUT2D eigenvalue weighted by molar-refractivity contribution is 5.72. The minimum atomic E-state index is -0.697. The molecule has 0 spiro atoms. The van der Waals surface area contributed by atoms with E-state index in [0.29, 0.717) is 30.1 Å². The highest BCUT2D eigenvalue weighted by Crippen LogP contribution is 2.37. The first-order valence-electron chi connectivity index (χ1n) is 12.1. The Hall–Kier alpha value is -3.91. The number of hydrogen-bond acceptors (Lipinski definition) is 6. The van der Waals surface area contributed by atoms with Crippen LogP contribution >= 0.6 is 0 Å². The summed E-state index contributed by atoms with van der Waals surface area (Å²) >= 11 is 0. The van der Waals surface area contributed by atoms with Crippen molar-refractivity contribution in [3.8, 4) is 34.0 Å². The molecule has 7 nitrogen and oxygen atoms in total. The number of benzene rings is 2. The van der Waals surface area contributed by atoms with E-state index >= 15 is 0 Å². The molecule has 2 aliphatic rings. The number of nitrogens with one attached hydrogen (secondary N) is 1. The SMILES string of the molecule is Cc1cc(-c2nc(-c3ccc4c(c3)CCC4NC3CC(C(=O)O)C3)no2)ccc1-c1ccncc1F. The molecule has 2 N–H and O–H groups in total. The summed E-state index contributed by atoms with van der Waals surface area (Å²) < 4.78 is 19.8. The molecule has 0 radical (unpaired) electrons. The van der Waals surface area contributed by atoms with E-state index in [-0.39, 0.29) is 23.8 Å². The van der Waals surface area contributed by atoms with Crippen LogP contribution < -0.4 is 5.32 Å². The quantitative estimate of drug-likeness (QED) is 0.380. The average Bonchev–Trinajstić information content (AvgIpc) is 3.49. The van der Waals surface area contributed by atoms with E-state index in [1.165, 1.54) is 17.3 Å². The van der Waals surface area contributed by atoms with Crippen molar-refractivity contribution in [2.24, 2.45) is 5.92 Å². The molecule has 2 aromatic heterocycles. The first-order chi connectivity index (χ1) is 17.5. The van der Waals surface area contributed by atoms with Gasteiger partial charge in [-0.1, -0.05) is 23.4 Å². The summed E-state index contributed by atoms with van der Waals surface area (Å²) in [4.78, 5) is 19.5. The second-order valence-corrected chi connectivity index (χ2v) is 9.68. The number of hydrogen-bond donors (Lipinski definition) is 2. The molecule has 1 fully saturated rings. The number of nitrogens with zero attached hydrogens (tertiary/aromatic N) is 3. The van der Waals surface area contributed by atoms with Gasteiger partial charge in [0.15, 0.2) is 0 Å². The molecule has 0 aliphatic heterocycles. The second kappa shape index (κ2) is 8.95. The maximum Gasteiger partial charge on any atom is 0.306 e. The lowest BCUT2D eigenvalue weighted by molar-refractivity contribution is -0.145. The number of halogens is 1. The van der Waals surface area contributed by atoms with E-state index in [9.17, 15) is 9.18 Å². The number of carbonyl (C=O) groups is 1. The number of aliphatic carboxylic acids is 1. The number of aryl methyl sites for hydroxylation is 2. The first-order valence-corrected chi connectivity index (χ1v) is 12.1. The van der Waals surface area contributed by atoms with Gasteiger partial charge in [0.1, 0.15) is 5.82 Å². The number of rotatable bonds is 6. The normalized spacial score (nSPS) is 20.7. The Kier molecular flexibility index (Phi) is 5.60. The van der Waals surface area contributed by atoms with Crippen LogP contribution in [0.25, 0.3) is 34.0 Å². The molecule has 0 bridgehead atoms. The molecule has 2 aromatic carbocycles. The third-order valence-corrected chi connectivity index (χ3v) is 7.37. The smallest absolute Gasteiger partial charge is 0.306 e. The maximum atomic E-state index is 14.2. The molecule has 2 heterocycles. The van der Waals surface area contributed by atoms with Crippen molar-refractivity contribution in [1.82, 2.24) is 20.4 Å². The largest absolute Gasteiger partial charge is 0.481 e. The van der Waals surface area contributed by atoms with Gasteiger partial charge in [0.05, 0.1) is 12.1 Å². The van der Waals surface area contributed by atoms with Crippen molar-refractivity contribution in [1.29, 1.82) is 0 Å². The van der Waals surface area contributed by atoms with Crippen molar-refractivity contribution < 1.29 is 18.8 Å². The second-order valence-electron chi connectivity index (χ2n) is 9.68. The molecule has 1 saturated carbocycles. The fraction of sp³-hybridized carbons (Fsp3) is 0.286. The molecule has 6 rings (SSSR count). The highest BCUT2D eigenvalue weighted by Gasteiger charge is 2.36. The zero-order chi connectivity index (χ0) is 24.8. The van der Waals surface area contributed by atoms with Gasteiger partial charge in [-0.05, 0) is 79.1 Å². The summed E-state index contributed by atoms with van der Waals surface area (Å²) in [5.41, 5.74) is 6.38. The molecule has 8 heteroatoms. The molecule has 36 heavy (non-hydrogen) atoms. The lowest BCUT2D eigenvalue weighted by Crippen LogP contribution is -2.45. The predicted molar refractivity (Wildman–Crippen MR) is 131 cm³/mol. The summed E-state index contributed by atoms with van der Waals surface area (Å²) in [6, 6.07) is 14.1. The Morgan fingerprint density at radius 2 is 1.94 bits per heavy atom. The summed E-state index contributed by atoms with van der Waals surface area (Å²) in [6.07, 6.45) is 6.13. The monoisotopic (exact) mass is 484 g/mol. The fourth-order valence-corrected chi connectivity index (χ4v) is 5.32. The Balaban J connectivity index is 1.19. The van der Waals surface area contributed by atoms with Crippen molar-refractivity contribution >= 4 is 5.97 Å². The number of carboxylic acids is 1. The van der Waals surface area contributed by atoms with E-state index in [0.717, 1.165) is 35.1 Å². The van der Waals surface area contributed by atoms with E-state index in [1.54, 1.807) is 12.3 Å². The lowest BCUT2D eigenvalue weighted by Gasteiger charge is -2.35. The molecule has 0 amide bonds. The van der Waals surface area contributed by atoms with E-state index in [4.69, 9.17) is 9.63 Å². The Morgan fingerprint density at radius 3 is 2.72 bits per heavy atom. The van der Waals surface area contributed by atoms with E-state index in [2.05, 4.69) is 32.6 Å². The van der Waals surface area contributed by atoms with Gasteiger partial charge in [-0.15, -0.1) is 0 Å². The zero-order valence-electron chi connectivity index (χ0n) is 19.7. The molecule has 4 aromatic rings.